The van der Waals surface area contributed by atoms with Gasteiger partial charge in [-0.25, -0.2) is 0 Å². The highest BCUT2D eigenvalue weighted by Gasteiger charge is 2.27. The molecular formula is C24H33N3O. The Kier molecular flexibility index (Phi) is 6.13. The number of carbonyl (C=O) groups excluding carboxylic acids is 1. The molecule has 0 bridgehead atoms. The summed E-state index contributed by atoms with van der Waals surface area (Å²) in [5, 5.41) is 8.13. The number of fused-ring (bicyclic) bond motifs is 1. The summed E-state index contributed by atoms with van der Waals surface area (Å²) in [5.74, 6) is 0.644. The Morgan fingerprint density at radius 1 is 1.07 bits per heavy atom. The van der Waals surface area contributed by atoms with Crippen molar-refractivity contribution in [2.24, 2.45) is 5.92 Å². The smallest absolute Gasteiger partial charge is 0.272 e. The predicted molar refractivity (Wildman–Crippen MR) is 113 cm³/mol. The van der Waals surface area contributed by atoms with E-state index in [9.17, 15) is 4.79 Å². The Bertz CT molecular complexity index is 790. The van der Waals surface area contributed by atoms with Gasteiger partial charge in [-0.15, -0.1) is 0 Å². The van der Waals surface area contributed by atoms with Crippen molar-refractivity contribution in [3.63, 3.8) is 0 Å². The predicted octanol–water partition coefficient (Wildman–Crippen LogP) is 4.90. The fourth-order valence-corrected chi connectivity index (χ4v) is 4.94. The Labute approximate surface area is 168 Å². The van der Waals surface area contributed by atoms with Crippen molar-refractivity contribution >= 4 is 5.91 Å². The van der Waals surface area contributed by atoms with Crippen LogP contribution in [-0.4, -0.2) is 21.7 Å². The molecule has 0 radical (unpaired) electrons. The number of hydrogen-bond acceptors (Lipinski definition) is 2. The lowest BCUT2D eigenvalue weighted by Gasteiger charge is -2.28. The van der Waals surface area contributed by atoms with Crippen molar-refractivity contribution in [3.05, 3.63) is 52.8 Å². The number of hydrogen-bond donors (Lipinski definition) is 1. The molecule has 2 aliphatic carbocycles. The molecule has 1 amide bonds. The van der Waals surface area contributed by atoms with Gasteiger partial charge in [0, 0.05) is 17.3 Å². The van der Waals surface area contributed by atoms with Gasteiger partial charge in [0.25, 0.3) is 5.91 Å². The Morgan fingerprint density at radius 3 is 2.57 bits per heavy atom. The number of aromatic nitrogens is 2. The van der Waals surface area contributed by atoms with Gasteiger partial charge in [0.1, 0.15) is 0 Å². The molecule has 150 valence electrons. The van der Waals surface area contributed by atoms with E-state index in [0.717, 1.165) is 25.8 Å². The maximum atomic E-state index is 13.2. The third kappa shape index (κ3) is 4.31. The van der Waals surface area contributed by atoms with Crippen molar-refractivity contribution in [2.45, 2.75) is 83.7 Å². The molecule has 1 atom stereocenters. The fraction of sp³-hybridized carbons (Fsp3) is 0.583. The van der Waals surface area contributed by atoms with E-state index in [0.29, 0.717) is 11.6 Å². The molecule has 0 saturated heterocycles. The van der Waals surface area contributed by atoms with Crippen molar-refractivity contribution in [1.82, 2.24) is 15.1 Å². The van der Waals surface area contributed by atoms with E-state index in [-0.39, 0.29) is 11.9 Å². The number of nitrogens with zero attached hydrogens (tertiary/aromatic N) is 2. The number of amides is 1. The van der Waals surface area contributed by atoms with Crippen LogP contribution in [0.3, 0.4) is 0 Å². The molecule has 2 aromatic rings. The molecule has 0 spiro atoms. The first kappa shape index (κ1) is 19.2. The van der Waals surface area contributed by atoms with E-state index >= 15 is 0 Å². The van der Waals surface area contributed by atoms with Crippen molar-refractivity contribution in [2.75, 3.05) is 0 Å². The number of rotatable bonds is 5. The minimum atomic E-state index is 0.0306. The topological polar surface area (TPSA) is 46.9 Å². The quantitative estimate of drug-likeness (QED) is 0.751. The maximum Gasteiger partial charge on any atom is 0.272 e. The summed E-state index contributed by atoms with van der Waals surface area (Å²) >= 11 is 0. The normalized spacial score (nSPS) is 18.9. The average molecular weight is 380 g/mol. The maximum absolute atomic E-state index is 13.2. The molecule has 1 aromatic heterocycles. The van der Waals surface area contributed by atoms with Crippen LogP contribution in [0.25, 0.3) is 0 Å². The van der Waals surface area contributed by atoms with Crippen molar-refractivity contribution in [1.29, 1.82) is 0 Å². The second kappa shape index (κ2) is 8.93. The molecule has 1 fully saturated rings. The van der Waals surface area contributed by atoms with E-state index in [2.05, 4.69) is 41.2 Å². The first-order chi connectivity index (χ1) is 13.7. The zero-order valence-corrected chi connectivity index (χ0v) is 17.1. The summed E-state index contributed by atoms with van der Waals surface area (Å²) in [6, 6.07) is 10.7. The summed E-state index contributed by atoms with van der Waals surface area (Å²) < 4.78 is 2.09. The van der Waals surface area contributed by atoms with Crippen LogP contribution in [0.2, 0.25) is 0 Å². The zero-order chi connectivity index (χ0) is 19.3. The van der Waals surface area contributed by atoms with E-state index < -0.39 is 0 Å². The Morgan fingerprint density at radius 2 is 1.79 bits per heavy atom. The molecule has 0 aliphatic heterocycles. The van der Waals surface area contributed by atoms with Crippen LogP contribution >= 0.6 is 0 Å². The van der Waals surface area contributed by atoms with Gasteiger partial charge in [0.05, 0.1) is 6.54 Å². The molecule has 1 saturated carbocycles. The van der Waals surface area contributed by atoms with Crippen LogP contribution in [0.1, 0.15) is 85.6 Å². The monoisotopic (exact) mass is 379 g/mol. The molecule has 28 heavy (non-hydrogen) atoms. The van der Waals surface area contributed by atoms with Crippen LogP contribution in [0.5, 0.6) is 0 Å². The summed E-state index contributed by atoms with van der Waals surface area (Å²) in [5.41, 5.74) is 4.38. The number of benzene rings is 1. The third-order valence-electron chi connectivity index (χ3n) is 6.61. The van der Waals surface area contributed by atoms with Gasteiger partial charge < -0.3 is 5.32 Å². The minimum absolute atomic E-state index is 0.0306. The average Bonchev–Trinajstić information content (AvgIpc) is 2.90. The van der Waals surface area contributed by atoms with Gasteiger partial charge in [-0.3, -0.25) is 9.48 Å². The standard InChI is InChI=1S/C24H33N3O/c1-18(20-13-7-3-8-14-20)25-24(28)23-21-15-9-4-10-16-22(21)27(26-23)17-19-11-5-2-6-12-19/h2,5-6,11-12,18,20H,3-4,7-10,13-17H2,1H3,(H,25,28)/t18-/m0/s1. The molecule has 1 N–H and O–H groups in total. The summed E-state index contributed by atoms with van der Waals surface area (Å²) in [7, 11) is 0. The van der Waals surface area contributed by atoms with Crippen molar-refractivity contribution in [3.8, 4) is 0 Å². The second-order valence-electron chi connectivity index (χ2n) is 8.64. The van der Waals surface area contributed by atoms with Gasteiger partial charge in [-0.05, 0) is 56.9 Å². The van der Waals surface area contributed by atoms with Gasteiger partial charge in [0.15, 0.2) is 5.69 Å². The fourth-order valence-electron chi connectivity index (χ4n) is 4.94. The second-order valence-corrected chi connectivity index (χ2v) is 8.64. The van der Waals surface area contributed by atoms with E-state index in [1.165, 1.54) is 61.8 Å². The van der Waals surface area contributed by atoms with Crippen LogP contribution in [0, 0.1) is 5.92 Å². The third-order valence-corrected chi connectivity index (χ3v) is 6.61. The lowest BCUT2D eigenvalue weighted by molar-refractivity contribution is 0.0912. The van der Waals surface area contributed by atoms with Crippen LogP contribution < -0.4 is 5.32 Å². The summed E-state index contributed by atoms with van der Waals surface area (Å²) in [4.78, 5) is 13.2. The van der Waals surface area contributed by atoms with Crippen molar-refractivity contribution < 1.29 is 4.79 Å². The van der Waals surface area contributed by atoms with Gasteiger partial charge in [0.2, 0.25) is 0 Å². The van der Waals surface area contributed by atoms with E-state index in [4.69, 9.17) is 5.10 Å². The minimum Gasteiger partial charge on any atom is -0.348 e. The molecule has 1 heterocycles. The van der Waals surface area contributed by atoms with Crippen LogP contribution in [0.15, 0.2) is 30.3 Å². The van der Waals surface area contributed by atoms with Gasteiger partial charge in [-0.1, -0.05) is 56.0 Å². The highest BCUT2D eigenvalue weighted by Crippen LogP contribution is 2.28. The largest absolute Gasteiger partial charge is 0.348 e. The lowest BCUT2D eigenvalue weighted by Crippen LogP contribution is -2.39. The molecular weight excluding hydrogens is 346 g/mol. The molecule has 2 aliphatic rings. The molecule has 4 heteroatoms. The highest BCUT2D eigenvalue weighted by atomic mass is 16.2. The van der Waals surface area contributed by atoms with E-state index in [1.54, 1.807) is 0 Å². The Hall–Kier alpha value is -2.10. The Balaban J connectivity index is 1.56. The molecule has 1 aromatic carbocycles. The van der Waals surface area contributed by atoms with Crippen LogP contribution in [0.4, 0.5) is 0 Å². The zero-order valence-electron chi connectivity index (χ0n) is 17.1. The first-order valence-electron chi connectivity index (χ1n) is 11.2. The SMILES string of the molecule is C[C@H](NC(=O)c1nn(Cc2ccccc2)c2c1CCCCC2)C1CCCCC1. The van der Waals surface area contributed by atoms with Gasteiger partial charge in [-0.2, -0.15) is 5.10 Å². The summed E-state index contributed by atoms with van der Waals surface area (Å²) in [6.07, 6.45) is 12.0. The number of carbonyl (C=O) groups is 1. The molecule has 4 rings (SSSR count). The van der Waals surface area contributed by atoms with Crippen LogP contribution in [-0.2, 0) is 19.4 Å². The first-order valence-corrected chi connectivity index (χ1v) is 11.2. The van der Waals surface area contributed by atoms with E-state index in [1.807, 2.05) is 6.07 Å². The molecule has 0 unspecified atom stereocenters. The molecule has 4 nitrogen and oxygen atoms in total. The number of nitrogens with one attached hydrogen (secondary N) is 1. The lowest BCUT2D eigenvalue weighted by atomic mass is 9.84. The summed E-state index contributed by atoms with van der Waals surface area (Å²) in [6.45, 7) is 2.92. The van der Waals surface area contributed by atoms with Gasteiger partial charge >= 0.3 is 0 Å². The highest BCUT2D eigenvalue weighted by molar-refractivity contribution is 5.94.